The fourth-order valence-electron chi connectivity index (χ4n) is 2.60. The standard InChI is InChI=1S/C17H26N2O/c1-12(2)19(11-16-9-13(16)3)10-15-7-5-6-8-17(15)18-14(4)20/h5-8,12-13,16H,9-11H2,1-4H3,(H,18,20)/t13-,16-/m1/s1. The zero-order valence-electron chi connectivity index (χ0n) is 13.0. The minimum atomic E-state index is -0.00985. The molecule has 2 rings (SSSR count). The topological polar surface area (TPSA) is 32.3 Å². The third kappa shape index (κ3) is 4.07. The van der Waals surface area contributed by atoms with Gasteiger partial charge in [0.1, 0.15) is 0 Å². The summed E-state index contributed by atoms with van der Waals surface area (Å²) in [7, 11) is 0. The van der Waals surface area contributed by atoms with Crippen molar-refractivity contribution in [1.82, 2.24) is 4.90 Å². The van der Waals surface area contributed by atoms with Crippen molar-refractivity contribution >= 4 is 11.6 Å². The normalized spacial score (nSPS) is 21.3. The fraction of sp³-hybridized carbons (Fsp3) is 0.588. The first-order valence-corrected chi connectivity index (χ1v) is 7.57. The van der Waals surface area contributed by atoms with Gasteiger partial charge in [-0.15, -0.1) is 0 Å². The molecule has 0 heterocycles. The Balaban J connectivity index is 2.07. The molecule has 20 heavy (non-hydrogen) atoms. The van der Waals surface area contributed by atoms with Crippen LogP contribution in [0.4, 0.5) is 5.69 Å². The molecule has 3 nitrogen and oxygen atoms in total. The summed E-state index contributed by atoms with van der Waals surface area (Å²) < 4.78 is 0. The summed E-state index contributed by atoms with van der Waals surface area (Å²) in [6.45, 7) is 10.4. The van der Waals surface area contributed by atoms with E-state index in [9.17, 15) is 4.79 Å². The first kappa shape index (κ1) is 15.0. The fourth-order valence-corrected chi connectivity index (χ4v) is 2.60. The van der Waals surface area contributed by atoms with E-state index in [0.29, 0.717) is 6.04 Å². The van der Waals surface area contributed by atoms with Gasteiger partial charge < -0.3 is 5.32 Å². The number of anilines is 1. The lowest BCUT2D eigenvalue weighted by molar-refractivity contribution is -0.114. The van der Waals surface area contributed by atoms with Crippen molar-refractivity contribution < 1.29 is 4.79 Å². The Morgan fingerprint density at radius 2 is 2.05 bits per heavy atom. The van der Waals surface area contributed by atoms with E-state index in [1.807, 2.05) is 18.2 Å². The van der Waals surface area contributed by atoms with E-state index in [2.05, 4.69) is 37.1 Å². The van der Waals surface area contributed by atoms with Gasteiger partial charge in [-0.2, -0.15) is 0 Å². The Morgan fingerprint density at radius 3 is 2.60 bits per heavy atom. The van der Waals surface area contributed by atoms with Crippen LogP contribution in [0, 0.1) is 11.8 Å². The van der Waals surface area contributed by atoms with Gasteiger partial charge in [-0.1, -0.05) is 25.1 Å². The zero-order valence-corrected chi connectivity index (χ0v) is 13.0. The number of nitrogens with zero attached hydrogens (tertiary/aromatic N) is 1. The molecule has 110 valence electrons. The lowest BCUT2D eigenvalue weighted by Crippen LogP contribution is -2.32. The van der Waals surface area contributed by atoms with Gasteiger partial charge in [0.05, 0.1) is 0 Å². The van der Waals surface area contributed by atoms with Gasteiger partial charge in [0.25, 0.3) is 0 Å². The number of benzene rings is 1. The van der Waals surface area contributed by atoms with Crippen LogP contribution in [0.3, 0.4) is 0 Å². The summed E-state index contributed by atoms with van der Waals surface area (Å²) >= 11 is 0. The van der Waals surface area contributed by atoms with E-state index in [1.54, 1.807) is 6.92 Å². The van der Waals surface area contributed by atoms with Crippen molar-refractivity contribution in [2.75, 3.05) is 11.9 Å². The summed E-state index contributed by atoms with van der Waals surface area (Å²) in [5.74, 6) is 1.72. The molecule has 1 fully saturated rings. The first-order valence-electron chi connectivity index (χ1n) is 7.57. The minimum absolute atomic E-state index is 0.00985. The van der Waals surface area contributed by atoms with Crippen LogP contribution in [-0.2, 0) is 11.3 Å². The van der Waals surface area contributed by atoms with E-state index in [0.717, 1.165) is 30.6 Å². The highest BCUT2D eigenvalue weighted by Crippen LogP contribution is 2.38. The summed E-state index contributed by atoms with van der Waals surface area (Å²) in [5.41, 5.74) is 2.14. The number of carbonyl (C=O) groups excluding carboxylic acids is 1. The van der Waals surface area contributed by atoms with Gasteiger partial charge in [0.15, 0.2) is 0 Å². The number of nitrogens with one attached hydrogen (secondary N) is 1. The van der Waals surface area contributed by atoms with E-state index in [-0.39, 0.29) is 5.91 Å². The largest absolute Gasteiger partial charge is 0.326 e. The van der Waals surface area contributed by atoms with Gasteiger partial charge in [-0.25, -0.2) is 0 Å². The lowest BCUT2D eigenvalue weighted by atomic mass is 10.1. The number of para-hydroxylation sites is 1. The second-order valence-electron chi connectivity index (χ2n) is 6.33. The van der Waals surface area contributed by atoms with Crippen molar-refractivity contribution in [3.8, 4) is 0 Å². The minimum Gasteiger partial charge on any atom is -0.326 e. The summed E-state index contributed by atoms with van der Waals surface area (Å²) in [5, 5.41) is 2.93. The van der Waals surface area contributed by atoms with Crippen LogP contribution < -0.4 is 5.32 Å². The SMILES string of the molecule is CC(=O)Nc1ccccc1CN(C[C@H]1C[C@H]1C)C(C)C. The first-order chi connectivity index (χ1) is 9.47. The van der Waals surface area contributed by atoms with E-state index in [1.165, 1.54) is 12.0 Å². The van der Waals surface area contributed by atoms with Crippen LogP contribution in [-0.4, -0.2) is 23.4 Å². The molecule has 1 N–H and O–H groups in total. The third-order valence-corrected chi connectivity index (χ3v) is 4.18. The van der Waals surface area contributed by atoms with Crippen molar-refractivity contribution in [2.45, 2.75) is 46.7 Å². The third-order valence-electron chi connectivity index (χ3n) is 4.18. The van der Waals surface area contributed by atoms with Gasteiger partial charge in [-0.05, 0) is 43.7 Å². The maximum atomic E-state index is 11.3. The molecule has 0 radical (unpaired) electrons. The van der Waals surface area contributed by atoms with Crippen LogP contribution in [0.5, 0.6) is 0 Å². The van der Waals surface area contributed by atoms with Crippen LogP contribution in [0.25, 0.3) is 0 Å². The molecule has 1 aromatic rings. The molecule has 2 atom stereocenters. The van der Waals surface area contributed by atoms with Crippen molar-refractivity contribution in [2.24, 2.45) is 11.8 Å². The Bertz CT molecular complexity index is 470. The molecule has 0 saturated heterocycles. The smallest absolute Gasteiger partial charge is 0.221 e. The Hall–Kier alpha value is -1.35. The second kappa shape index (κ2) is 6.40. The molecule has 0 bridgehead atoms. The van der Waals surface area contributed by atoms with Crippen LogP contribution >= 0.6 is 0 Å². The molecule has 1 aromatic carbocycles. The molecular formula is C17H26N2O. The van der Waals surface area contributed by atoms with Crippen molar-refractivity contribution in [1.29, 1.82) is 0 Å². The van der Waals surface area contributed by atoms with Crippen LogP contribution in [0.2, 0.25) is 0 Å². The zero-order chi connectivity index (χ0) is 14.7. The highest BCUT2D eigenvalue weighted by molar-refractivity contribution is 5.89. The number of hydrogen-bond donors (Lipinski definition) is 1. The number of amides is 1. The molecule has 1 aliphatic rings. The molecular weight excluding hydrogens is 248 g/mol. The van der Waals surface area contributed by atoms with Crippen molar-refractivity contribution in [3.63, 3.8) is 0 Å². The van der Waals surface area contributed by atoms with Gasteiger partial charge in [-0.3, -0.25) is 9.69 Å². The predicted octanol–water partition coefficient (Wildman–Crippen LogP) is 3.51. The molecule has 0 spiro atoms. The summed E-state index contributed by atoms with van der Waals surface area (Å²) in [6.07, 6.45) is 1.36. The maximum Gasteiger partial charge on any atom is 0.221 e. The number of hydrogen-bond acceptors (Lipinski definition) is 2. The maximum absolute atomic E-state index is 11.3. The Labute approximate surface area is 122 Å². The molecule has 1 aliphatic carbocycles. The van der Waals surface area contributed by atoms with E-state index in [4.69, 9.17) is 0 Å². The van der Waals surface area contributed by atoms with Gasteiger partial charge in [0, 0.05) is 31.7 Å². The second-order valence-corrected chi connectivity index (χ2v) is 6.33. The molecule has 0 aliphatic heterocycles. The number of carbonyl (C=O) groups is 1. The molecule has 0 aromatic heterocycles. The van der Waals surface area contributed by atoms with Gasteiger partial charge in [0.2, 0.25) is 5.91 Å². The molecule has 0 unspecified atom stereocenters. The number of rotatable bonds is 6. The Morgan fingerprint density at radius 1 is 1.40 bits per heavy atom. The monoisotopic (exact) mass is 274 g/mol. The molecule has 1 saturated carbocycles. The predicted molar refractivity (Wildman–Crippen MR) is 83.6 cm³/mol. The highest BCUT2D eigenvalue weighted by atomic mass is 16.1. The average molecular weight is 274 g/mol. The quantitative estimate of drug-likeness (QED) is 0.861. The van der Waals surface area contributed by atoms with Crippen LogP contribution in [0.15, 0.2) is 24.3 Å². The van der Waals surface area contributed by atoms with Crippen molar-refractivity contribution in [3.05, 3.63) is 29.8 Å². The summed E-state index contributed by atoms with van der Waals surface area (Å²) in [4.78, 5) is 13.8. The average Bonchev–Trinajstić information content (AvgIpc) is 3.05. The highest BCUT2D eigenvalue weighted by Gasteiger charge is 2.34. The van der Waals surface area contributed by atoms with E-state index < -0.39 is 0 Å². The Kier molecular flexibility index (Phi) is 4.81. The van der Waals surface area contributed by atoms with Gasteiger partial charge >= 0.3 is 0 Å². The lowest BCUT2D eigenvalue weighted by Gasteiger charge is -2.27. The molecule has 1 amide bonds. The molecule has 3 heteroatoms. The van der Waals surface area contributed by atoms with E-state index >= 15 is 0 Å². The van der Waals surface area contributed by atoms with Crippen LogP contribution in [0.1, 0.15) is 39.7 Å². The summed E-state index contributed by atoms with van der Waals surface area (Å²) in [6, 6.07) is 8.62.